The second kappa shape index (κ2) is 8.52. The molecule has 2 aliphatic heterocycles. The number of benzene rings is 2. The first kappa shape index (κ1) is 19.9. The van der Waals surface area contributed by atoms with Crippen LogP contribution in [-0.2, 0) is 4.74 Å². The number of halogens is 1. The van der Waals surface area contributed by atoms with E-state index in [1.54, 1.807) is 41.3 Å². The third-order valence-corrected chi connectivity index (χ3v) is 5.42. The van der Waals surface area contributed by atoms with Crippen LogP contribution in [0.25, 0.3) is 0 Å². The number of carbonyl (C=O) groups is 3. The van der Waals surface area contributed by atoms with Gasteiger partial charge in [-0.25, -0.2) is 9.18 Å². The van der Waals surface area contributed by atoms with Gasteiger partial charge in [0.25, 0.3) is 11.8 Å². The van der Waals surface area contributed by atoms with Crippen molar-refractivity contribution >= 4 is 23.6 Å². The smallest absolute Gasteiger partial charge is 0.414 e. The Balaban J connectivity index is 1.30. The number of nitrogens with zero attached hydrogens (tertiary/aromatic N) is 2. The molecule has 156 valence electrons. The lowest BCUT2D eigenvalue weighted by Gasteiger charge is -2.32. The first-order valence-corrected chi connectivity index (χ1v) is 9.92. The summed E-state index contributed by atoms with van der Waals surface area (Å²) < 4.78 is 18.8. The highest BCUT2D eigenvalue weighted by Crippen LogP contribution is 2.20. The van der Waals surface area contributed by atoms with Gasteiger partial charge in [-0.2, -0.15) is 0 Å². The van der Waals surface area contributed by atoms with Crippen LogP contribution in [0.1, 0.15) is 33.6 Å². The number of nitrogens with one attached hydrogen (secondary N) is 1. The Morgan fingerprint density at radius 2 is 1.70 bits per heavy atom. The van der Waals surface area contributed by atoms with Crippen molar-refractivity contribution in [2.24, 2.45) is 0 Å². The predicted octanol–water partition coefficient (Wildman–Crippen LogP) is 2.82. The molecule has 30 heavy (non-hydrogen) atoms. The Kier molecular flexibility index (Phi) is 5.65. The Hall–Kier alpha value is -3.42. The molecule has 2 aliphatic rings. The summed E-state index contributed by atoms with van der Waals surface area (Å²) in [6.45, 7) is 1.76. The van der Waals surface area contributed by atoms with Crippen LogP contribution >= 0.6 is 0 Å². The largest absolute Gasteiger partial charge is 0.447 e. The molecule has 0 spiro atoms. The fraction of sp³-hybridized carbons (Fsp3) is 0.318. The van der Waals surface area contributed by atoms with Crippen LogP contribution in [0.5, 0.6) is 0 Å². The standard InChI is InChI=1S/C22H22FN3O4/c23-19-4-2-1-3-18(19)21(28)25-11-9-16(10-12-25)24-20(27)15-5-7-17(8-6-15)26-13-14-30-22(26)29/h1-8,16H,9-14H2,(H,24,27). The van der Waals surface area contributed by atoms with Gasteiger partial charge in [-0.3, -0.25) is 14.5 Å². The van der Waals surface area contributed by atoms with E-state index in [0.717, 1.165) is 0 Å². The molecule has 0 saturated carbocycles. The molecule has 1 N–H and O–H groups in total. The Morgan fingerprint density at radius 3 is 2.33 bits per heavy atom. The molecule has 8 heteroatoms. The van der Waals surface area contributed by atoms with Crippen LogP contribution < -0.4 is 10.2 Å². The maximum atomic E-state index is 13.8. The Morgan fingerprint density at radius 1 is 1.00 bits per heavy atom. The number of hydrogen-bond donors (Lipinski definition) is 1. The molecule has 4 rings (SSSR count). The lowest BCUT2D eigenvalue weighted by Crippen LogP contribution is -2.46. The molecular weight excluding hydrogens is 389 g/mol. The van der Waals surface area contributed by atoms with Gasteiger partial charge in [0.05, 0.1) is 12.1 Å². The molecule has 2 aromatic rings. The lowest BCUT2D eigenvalue weighted by molar-refractivity contribution is 0.0693. The van der Waals surface area contributed by atoms with Crippen molar-refractivity contribution in [3.05, 3.63) is 65.5 Å². The summed E-state index contributed by atoms with van der Waals surface area (Å²) in [7, 11) is 0. The summed E-state index contributed by atoms with van der Waals surface area (Å²) in [6.07, 6.45) is 0.816. The molecule has 0 radical (unpaired) electrons. The first-order valence-electron chi connectivity index (χ1n) is 9.92. The number of ether oxygens (including phenoxy) is 1. The highest BCUT2D eigenvalue weighted by molar-refractivity contribution is 5.96. The highest BCUT2D eigenvalue weighted by atomic mass is 19.1. The number of rotatable bonds is 4. The summed E-state index contributed by atoms with van der Waals surface area (Å²) >= 11 is 0. The monoisotopic (exact) mass is 411 g/mol. The SMILES string of the molecule is O=C(NC1CCN(C(=O)c2ccccc2F)CC1)c1ccc(N2CCOC2=O)cc1. The van der Waals surface area contributed by atoms with E-state index in [1.165, 1.54) is 17.0 Å². The fourth-order valence-electron chi connectivity index (χ4n) is 3.72. The maximum absolute atomic E-state index is 13.8. The van der Waals surface area contributed by atoms with Crippen molar-refractivity contribution in [1.82, 2.24) is 10.2 Å². The molecule has 7 nitrogen and oxygen atoms in total. The first-order chi connectivity index (χ1) is 14.5. The molecule has 0 aliphatic carbocycles. The van der Waals surface area contributed by atoms with E-state index in [9.17, 15) is 18.8 Å². The Labute approximate surface area is 173 Å². The minimum Gasteiger partial charge on any atom is -0.447 e. The predicted molar refractivity (Wildman–Crippen MR) is 108 cm³/mol. The number of hydrogen-bond acceptors (Lipinski definition) is 4. The minimum absolute atomic E-state index is 0.0598. The highest BCUT2D eigenvalue weighted by Gasteiger charge is 2.27. The summed E-state index contributed by atoms with van der Waals surface area (Å²) in [6, 6.07) is 12.7. The normalized spacial score (nSPS) is 17.0. The average Bonchev–Trinajstić information content (AvgIpc) is 3.20. The molecule has 2 heterocycles. The third-order valence-electron chi connectivity index (χ3n) is 5.42. The minimum atomic E-state index is -0.524. The summed E-state index contributed by atoms with van der Waals surface area (Å²) in [5.74, 6) is -1.05. The molecule has 0 bridgehead atoms. The molecule has 2 aromatic carbocycles. The number of amides is 3. The number of cyclic esters (lactones) is 1. The van der Waals surface area contributed by atoms with E-state index in [1.807, 2.05) is 0 Å². The lowest BCUT2D eigenvalue weighted by atomic mass is 10.0. The zero-order valence-electron chi connectivity index (χ0n) is 16.3. The van der Waals surface area contributed by atoms with E-state index in [2.05, 4.69) is 5.32 Å². The van der Waals surface area contributed by atoms with Gasteiger partial charge in [0, 0.05) is 30.4 Å². The van der Waals surface area contributed by atoms with E-state index < -0.39 is 5.82 Å². The molecule has 0 unspecified atom stereocenters. The van der Waals surface area contributed by atoms with Crippen LogP contribution in [0, 0.1) is 5.82 Å². The van der Waals surface area contributed by atoms with E-state index in [0.29, 0.717) is 50.3 Å². The fourth-order valence-corrected chi connectivity index (χ4v) is 3.72. The number of likely N-dealkylation sites (tertiary alicyclic amines) is 1. The number of carbonyl (C=O) groups excluding carboxylic acids is 3. The third kappa shape index (κ3) is 4.12. The van der Waals surface area contributed by atoms with Gasteiger partial charge < -0.3 is 15.0 Å². The van der Waals surface area contributed by atoms with Gasteiger partial charge in [0.1, 0.15) is 12.4 Å². The van der Waals surface area contributed by atoms with Crippen molar-refractivity contribution in [3.8, 4) is 0 Å². The van der Waals surface area contributed by atoms with Crippen LogP contribution in [0.3, 0.4) is 0 Å². The van der Waals surface area contributed by atoms with Crippen molar-refractivity contribution in [1.29, 1.82) is 0 Å². The molecule has 2 fully saturated rings. The molecule has 3 amide bonds. The molecule has 2 saturated heterocycles. The van der Waals surface area contributed by atoms with Crippen molar-refractivity contribution < 1.29 is 23.5 Å². The summed E-state index contributed by atoms with van der Waals surface area (Å²) in [5.41, 5.74) is 1.26. The van der Waals surface area contributed by atoms with Crippen molar-refractivity contribution in [2.75, 3.05) is 31.1 Å². The van der Waals surface area contributed by atoms with Gasteiger partial charge in [0.2, 0.25) is 0 Å². The van der Waals surface area contributed by atoms with Gasteiger partial charge >= 0.3 is 6.09 Å². The van der Waals surface area contributed by atoms with E-state index >= 15 is 0 Å². The zero-order valence-corrected chi connectivity index (χ0v) is 16.3. The van der Waals surface area contributed by atoms with Crippen LogP contribution in [0.2, 0.25) is 0 Å². The van der Waals surface area contributed by atoms with Gasteiger partial charge in [-0.05, 0) is 49.2 Å². The zero-order chi connectivity index (χ0) is 21.1. The quantitative estimate of drug-likeness (QED) is 0.839. The van der Waals surface area contributed by atoms with Gasteiger partial charge in [-0.1, -0.05) is 12.1 Å². The topological polar surface area (TPSA) is 79.0 Å². The maximum Gasteiger partial charge on any atom is 0.414 e. The average molecular weight is 411 g/mol. The van der Waals surface area contributed by atoms with Gasteiger partial charge in [-0.15, -0.1) is 0 Å². The molecule has 0 aromatic heterocycles. The Bertz CT molecular complexity index is 955. The summed E-state index contributed by atoms with van der Waals surface area (Å²) in [4.78, 5) is 39.8. The second-order valence-corrected chi connectivity index (χ2v) is 7.33. The number of anilines is 1. The van der Waals surface area contributed by atoms with Crippen LogP contribution in [0.4, 0.5) is 14.9 Å². The van der Waals surface area contributed by atoms with Crippen molar-refractivity contribution in [2.45, 2.75) is 18.9 Å². The number of piperidine rings is 1. The summed E-state index contributed by atoms with van der Waals surface area (Å²) in [5, 5.41) is 2.99. The molecule has 0 atom stereocenters. The van der Waals surface area contributed by atoms with E-state index in [-0.39, 0.29) is 29.5 Å². The second-order valence-electron chi connectivity index (χ2n) is 7.33. The van der Waals surface area contributed by atoms with Gasteiger partial charge in [0.15, 0.2) is 0 Å². The van der Waals surface area contributed by atoms with Crippen LogP contribution in [0.15, 0.2) is 48.5 Å². The van der Waals surface area contributed by atoms with E-state index in [4.69, 9.17) is 4.74 Å². The molecular formula is C22H22FN3O4. The van der Waals surface area contributed by atoms with Crippen LogP contribution in [-0.4, -0.2) is 55.1 Å². The van der Waals surface area contributed by atoms with Crippen molar-refractivity contribution in [3.63, 3.8) is 0 Å².